The van der Waals surface area contributed by atoms with Crippen molar-refractivity contribution in [2.24, 2.45) is 5.92 Å². The second-order valence-corrected chi connectivity index (χ2v) is 8.83. The minimum atomic E-state index is -0.0887. The van der Waals surface area contributed by atoms with Crippen LogP contribution in [0.5, 0.6) is 5.75 Å². The molecule has 0 saturated heterocycles. The molecule has 27 heavy (non-hydrogen) atoms. The van der Waals surface area contributed by atoms with Gasteiger partial charge in [-0.25, -0.2) is 0 Å². The number of thiophene rings is 1. The van der Waals surface area contributed by atoms with Crippen LogP contribution in [0.2, 0.25) is 5.02 Å². The first-order chi connectivity index (χ1) is 13.0. The number of rotatable bonds is 5. The van der Waals surface area contributed by atoms with Gasteiger partial charge in [-0.05, 0) is 49.6 Å². The van der Waals surface area contributed by atoms with Crippen LogP contribution in [-0.2, 0) is 11.2 Å². The first-order valence-corrected chi connectivity index (χ1v) is 10.6. The molecule has 1 aromatic carbocycles. The number of Topliss-reactive ketones (excluding diaryl/α,β-unsaturated/α-hetero) is 1. The van der Waals surface area contributed by atoms with E-state index >= 15 is 0 Å². The van der Waals surface area contributed by atoms with Crippen LogP contribution in [0.15, 0.2) is 24.3 Å². The van der Waals surface area contributed by atoms with E-state index in [0.717, 1.165) is 53.0 Å². The molecule has 1 saturated carbocycles. The zero-order valence-corrected chi connectivity index (χ0v) is 16.8. The number of benzene rings is 1. The lowest BCUT2D eigenvalue weighted by Crippen LogP contribution is -2.37. The molecule has 4 rings (SSSR count). The molecule has 1 aliphatic heterocycles. The molecule has 1 fully saturated rings. The number of ether oxygens (including phenoxy) is 1. The maximum absolute atomic E-state index is 12.2. The number of ketones is 1. The third-order valence-corrected chi connectivity index (χ3v) is 6.84. The zero-order valence-electron chi connectivity index (χ0n) is 15.2. The summed E-state index contributed by atoms with van der Waals surface area (Å²) in [4.78, 5) is 25.5. The van der Waals surface area contributed by atoms with Crippen LogP contribution >= 0.6 is 22.9 Å². The Morgan fingerprint density at radius 3 is 2.74 bits per heavy atom. The van der Waals surface area contributed by atoms with E-state index < -0.39 is 0 Å². The fourth-order valence-electron chi connectivity index (χ4n) is 3.87. The van der Waals surface area contributed by atoms with Gasteiger partial charge in [0.25, 0.3) is 0 Å². The minimum Gasteiger partial charge on any atom is -0.486 e. The van der Waals surface area contributed by atoms with Gasteiger partial charge in [0.05, 0.1) is 16.4 Å². The molecule has 0 radical (unpaired) electrons. The van der Waals surface area contributed by atoms with Gasteiger partial charge in [-0.15, -0.1) is 11.3 Å². The Kier molecular flexibility index (Phi) is 5.24. The largest absolute Gasteiger partial charge is 0.486 e. The van der Waals surface area contributed by atoms with E-state index in [-0.39, 0.29) is 23.7 Å². The molecule has 1 N–H and O–H groups in total. The number of amides is 1. The Bertz CT molecular complexity index is 886. The smallest absolute Gasteiger partial charge is 0.223 e. The van der Waals surface area contributed by atoms with Gasteiger partial charge in [0.15, 0.2) is 5.78 Å². The predicted molar refractivity (Wildman–Crippen MR) is 108 cm³/mol. The Morgan fingerprint density at radius 1 is 1.26 bits per heavy atom. The van der Waals surface area contributed by atoms with E-state index in [1.165, 1.54) is 11.3 Å². The summed E-state index contributed by atoms with van der Waals surface area (Å²) in [6.07, 6.45) is 4.92. The number of hydrogen-bond donors (Lipinski definition) is 1. The molecule has 1 aromatic heterocycles. The van der Waals surface area contributed by atoms with Gasteiger partial charge >= 0.3 is 0 Å². The van der Waals surface area contributed by atoms with Crippen molar-refractivity contribution in [1.82, 2.24) is 5.32 Å². The first kappa shape index (κ1) is 18.5. The molecule has 2 heterocycles. The molecule has 0 spiro atoms. The molecule has 1 aliphatic carbocycles. The zero-order chi connectivity index (χ0) is 19.0. The van der Waals surface area contributed by atoms with E-state index in [0.29, 0.717) is 17.3 Å². The number of carbonyl (C=O) groups excluding carboxylic acids is 2. The van der Waals surface area contributed by atoms with Gasteiger partial charge in [0.1, 0.15) is 11.9 Å². The van der Waals surface area contributed by atoms with Crippen LogP contribution < -0.4 is 10.1 Å². The van der Waals surface area contributed by atoms with Crippen LogP contribution in [0.3, 0.4) is 0 Å². The van der Waals surface area contributed by atoms with Crippen LogP contribution in [0.1, 0.15) is 47.8 Å². The second-order valence-electron chi connectivity index (χ2n) is 7.34. The van der Waals surface area contributed by atoms with Gasteiger partial charge in [0, 0.05) is 22.8 Å². The summed E-state index contributed by atoms with van der Waals surface area (Å²) in [5.41, 5.74) is 2.05. The fraction of sp³-hybridized carbons (Fsp3) is 0.429. The van der Waals surface area contributed by atoms with E-state index in [1.807, 2.05) is 18.2 Å². The van der Waals surface area contributed by atoms with Crippen LogP contribution in [0, 0.1) is 5.92 Å². The molecule has 1 amide bonds. The summed E-state index contributed by atoms with van der Waals surface area (Å²) in [5, 5.41) is 3.61. The monoisotopic (exact) mass is 403 g/mol. The van der Waals surface area contributed by atoms with Crippen molar-refractivity contribution in [1.29, 1.82) is 0 Å². The SMILES string of the molecule is CC(=O)c1ccc(-c2cc(Cl)c3c(c2)C[C@H](CNC(=O)C2CCCC2)O3)s1. The van der Waals surface area contributed by atoms with Crippen molar-refractivity contribution in [3.8, 4) is 16.2 Å². The normalized spacial score (nSPS) is 19.0. The molecule has 0 unspecified atom stereocenters. The summed E-state index contributed by atoms with van der Waals surface area (Å²) in [6, 6.07) is 7.77. The van der Waals surface area contributed by atoms with Crippen molar-refractivity contribution in [2.45, 2.75) is 45.1 Å². The standard InChI is InChI=1S/C21H22ClNO3S/c1-12(24)18-6-7-19(27-18)14-8-15-9-16(26-20(15)17(22)10-14)11-23-21(25)13-4-2-3-5-13/h6-8,10,13,16H,2-5,9,11H2,1H3,(H,23,25)/t16-/m1/s1. The first-order valence-electron chi connectivity index (χ1n) is 9.39. The van der Waals surface area contributed by atoms with Gasteiger partial charge in [-0.3, -0.25) is 9.59 Å². The quantitative estimate of drug-likeness (QED) is 0.724. The molecule has 2 aromatic rings. The van der Waals surface area contributed by atoms with Crippen LogP contribution in [-0.4, -0.2) is 24.3 Å². The summed E-state index contributed by atoms with van der Waals surface area (Å²) in [6.45, 7) is 2.08. The highest BCUT2D eigenvalue weighted by atomic mass is 35.5. The topological polar surface area (TPSA) is 55.4 Å². The molecular weight excluding hydrogens is 382 g/mol. The number of fused-ring (bicyclic) bond motifs is 1. The fourth-order valence-corrected chi connectivity index (χ4v) is 5.04. The maximum atomic E-state index is 12.2. The lowest BCUT2D eigenvalue weighted by molar-refractivity contribution is -0.125. The Balaban J connectivity index is 1.44. The average Bonchev–Trinajstić information content (AvgIpc) is 3.39. The molecule has 1 atom stereocenters. The highest BCUT2D eigenvalue weighted by Crippen LogP contribution is 2.41. The maximum Gasteiger partial charge on any atom is 0.223 e. The summed E-state index contributed by atoms with van der Waals surface area (Å²) in [5.74, 6) is 1.09. The van der Waals surface area contributed by atoms with Crippen molar-refractivity contribution in [3.05, 3.63) is 39.7 Å². The highest BCUT2D eigenvalue weighted by molar-refractivity contribution is 7.17. The number of nitrogens with one attached hydrogen (secondary N) is 1. The van der Waals surface area contributed by atoms with Gasteiger partial charge in [-0.2, -0.15) is 0 Å². The summed E-state index contributed by atoms with van der Waals surface area (Å²) in [7, 11) is 0. The minimum absolute atomic E-state index is 0.0694. The van der Waals surface area contributed by atoms with Gasteiger partial charge in [0.2, 0.25) is 5.91 Å². The van der Waals surface area contributed by atoms with Crippen molar-refractivity contribution >= 4 is 34.6 Å². The lowest BCUT2D eigenvalue weighted by Gasteiger charge is -2.14. The number of carbonyl (C=O) groups is 2. The highest BCUT2D eigenvalue weighted by Gasteiger charge is 2.28. The van der Waals surface area contributed by atoms with E-state index in [4.69, 9.17) is 16.3 Å². The molecule has 2 aliphatic rings. The average molecular weight is 404 g/mol. The van der Waals surface area contributed by atoms with Crippen LogP contribution in [0.4, 0.5) is 0 Å². The van der Waals surface area contributed by atoms with E-state index in [9.17, 15) is 9.59 Å². The third-order valence-electron chi connectivity index (χ3n) is 5.32. The summed E-state index contributed by atoms with van der Waals surface area (Å²) < 4.78 is 5.99. The van der Waals surface area contributed by atoms with Crippen molar-refractivity contribution in [2.75, 3.05) is 6.54 Å². The third kappa shape index (κ3) is 3.90. The molecule has 142 valence electrons. The van der Waals surface area contributed by atoms with Gasteiger partial charge in [-0.1, -0.05) is 24.4 Å². The van der Waals surface area contributed by atoms with Crippen molar-refractivity contribution < 1.29 is 14.3 Å². The Labute approximate surface area is 167 Å². The predicted octanol–water partition coefficient (Wildman–Crippen LogP) is 4.88. The Hall–Kier alpha value is -1.85. The molecule has 4 nitrogen and oxygen atoms in total. The van der Waals surface area contributed by atoms with E-state index in [2.05, 4.69) is 11.4 Å². The lowest BCUT2D eigenvalue weighted by atomic mass is 10.0. The molecule has 6 heteroatoms. The number of hydrogen-bond acceptors (Lipinski definition) is 4. The van der Waals surface area contributed by atoms with Crippen LogP contribution in [0.25, 0.3) is 10.4 Å². The van der Waals surface area contributed by atoms with Gasteiger partial charge < -0.3 is 10.1 Å². The molecule has 0 bridgehead atoms. The molecular formula is C21H22ClNO3S. The second kappa shape index (κ2) is 7.64. The van der Waals surface area contributed by atoms with Crippen molar-refractivity contribution in [3.63, 3.8) is 0 Å². The summed E-state index contributed by atoms with van der Waals surface area (Å²) >= 11 is 7.92. The number of halogens is 1. The Morgan fingerprint density at radius 2 is 2.04 bits per heavy atom. The van der Waals surface area contributed by atoms with E-state index in [1.54, 1.807) is 6.92 Å².